The van der Waals surface area contributed by atoms with Gasteiger partial charge in [-0.2, -0.15) is 5.10 Å². The van der Waals surface area contributed by atoms with Gasteiger partial charge in [0.15, 0.2) is 5.78 Å². The molecule has 2 aromatic rings. The molecule has 0 fully saturated rings. The third kappa shape index (κ3) is 2.42. The fraction of sp³-hybridized carbons (Fsp3) is 0.333. The Kier molecular flexibility index (Phi) is 3.35. The lowest BCUT2D eigenvalue weighted by atomic mass is 10.1. The summed E-state index contributed by atoms with van der Waals surface area (Å²) in [5, 5.41) is 4.68. The summed E-state index contributed by atoms with van der Waals surface area (Å²) < 4.78 is 1.64. The Morgan fingerprint density at radius 2 is 2.18 bits per heavy atom. The van der Waals surface area contributed by atoms with Gasteiger partial charge in [-0.15, -0.1) is 11.3 Å². The minimum absolute atomic E-state index is 0.0784. The summed E-state index contributed by atoms with van der Waals surface area (Å²) in [4.78, 5) is 14.3. The van der Waals surface area contributed by atoms with Gasteiger partial charge in [0.05, 0.1) is 16.9 Å². The molecule has 90 valence electrons. The SMILES string of the molecule is Cc1cc(C(=O)Cn2ncc(Cl)c2C)c(C)s1. The molecule has 0 spiro atoms. The molecule has 17 heavy (non-hydrogen) atoms. The van der Waals surface area contributed by atoms with Crippen molar-refractivity contribution in [1.29, 1.82) is 0 Å². The maximum absolute atomic E-state index is 12.1. The summed E-state index contributed by atoms with van der Waals surface area (Å²) in [5.41, 5.74) is 1.61. The molecule has 3 nitrogen and oxygen atoms in total. The van der Waals surface area contributed by atoms with E-state index in [9.17, 15) is 4.79 Å². The minimum atomic E-state index is 0.0784. The molecule has 0 saturated carbocycles. The summed E-state index contributed by atoms with van der Waals surface area (Å²) in [6.07, 6.45) is 1.57. The molecule has 0 atom stereocenters. The van der Waals surface area contributed by atoms with Gasteiger partial charge in [0.2, 0.25) is 0 Å². The van der Waals surface area contributed by atoms with Crippen LogP contribution in [0, 0.1) is 20.8 Å². The second-order valence-corrected chi connectivity index (χ2v) is 5.85. The number of aromatic nitrogens is 2. The van der Waals surface area contributed by atoms with Crippen molar-refractivity contribution in [3.63, 3.8) is 0 Å². The largest absolute Gasteiger partial charge is 0.292 e. The Hall–Kier alpha value is -1.13. The molecule has 0 aliphatic carbocycles. The lowest BCUT2D eigenvalue weighted by Crippen LogP contribution is -2.13. The van der Waals surface area contributed by atoms with Crippen molar-refractivity contribution in [2.24, 2.45) is 0 Å². The number of carbonyl (C=O) groups is 1. The van der Waals surface area contributed by atoms with E-state index in [-0.39, 0.29) is 12.3 Å². The van der Waals surface area contributed by atoms with Crippen molar-refractivity contribution in [1.82, 2.24) is 9.78 Å². The Balaban J connectivity index is 2.23. The van der Waals surface area contributed by atoms with Crippen LogP contribution in [0.25, 0.3) is 0 Å². The Labute approximate surface area is 109 Å². The Morgan fingerprint density at radius 1 is 1.47 bits per heavy atom. The first kappa shape index (κ1) is 12.3. The van der Waals surface area contributed by atoms with Crippen LogP contribution in [0.3, 0.4) is 0 Å². The highest BCUT2D eigenvalue weighted by atomic mass is 35.5. The van der Waals surface area contributed by atoms with E-state index in [0.29, 0.717) is 5.02 Å². The van der Waals surface area contributed by atoms with Crippen LogP contribution < -0.4 is 0 Å². The van der Waals surface area contributed by atoms with Crippen molar-refractivity contribution in [3.8, 4) is 0 Å². The van der Waals surface area contributed by atoms with Gasteiger partial charge in [-0.05, 0) is 26.8 Å². The van der Waals surface area contributed by atoms with E-state index in [0.717, 1.165) is 21.0 Å². The predicted molar refractivity (Wildman–Crippen MR) is 70.1 cm³/mol. The lowest BCUT2D eigenvalue weighted by molar-refractivity contribution is 0.0966. The van der Waals surface area contributed by atoms with E-state index < -0.39 is 0 Å². The number of halogens is 1. The average Bonchev–Trinajstić information content (AvgIpc) is 2.75. The molecule has 2 rings (SSSR count). The fourth-order valence-corrected chi connectivity index (χ4v) is 2.80. The van der Waals surface area contributed by atoms with Gasteiger partial charge in [-0.25, -0.2) is 0 Å². The summed E-state index contributed by atoms with van der Waals surface area (Å²) in [7, 11) is 0. The highest BCUT2D eigenvalue weighted by Crippen LogP contribution is 2.22. The number of Topliss-reactive ketones (excluding diaryl/α,β-unsaturated/α-hetero) is 1. The van der Waals surface area contributed by atoms with E-state index >= 15 is 0 Å². The summed E-state index contributed by atoms with van der Waals surface area (Å²) in [5.74, 6) is 0.0784. The lowest BCUT2D eigenvalue weighted by Gasteiger charge is -2.03. The summed E-state index contributed by atoms with van der Waals surface area (Å²) in [6.45, 7) is 6.07. The van der Waals surface area contributed by atoms with Crippen LogP contribution in [-0.2, 0) is 6.54 Å². The number of aryl methyl sites for hydroxylation is 2. The molecule has 0 N–H and O–H groups in total. The van der Waals surface area contributed by atoms with Gasteiger partial charge < -0.3 is 0 Å². The van der Waals surface area contributed by atoms with Gasteiger partial charge in [-0.1, -0.05) is 11.6 Å². The van der Waals surface area contributed by atoms with Crippen LogP contribution in [-0.4, -0.2) is 15.6 Å². The van der Waals surface area contributed by atoms with Crippen LogP contribution in [0.15, 0.2) is 12.3 Å². The summed E-state index contributed by atoms with van der Waals surface area (Å²) in [6, 6.07) is 1.93. The van der Waals surface area contributed by atoms with Gasteiger partial charge in [0.1, 0.15) is 6.54 Å². The molecule has 5 heteroatoms. The van der Waals surface area contributed by atoms with Crippen molar-refractivity contribution in [2.45, 2.75) is 27.3 Å². The number of hydrogen-bond acceptors (Lipinski definition) is 3. The molecular weight excluding hydrogens is 256 g/mol. The molecule has 0 aliphatic rings. The second-order valence-electron chi connectivity index (χ2n) is 3.99. The number of nitrogens with zero attached hydrogens (tertiary/aromatic N) is 2. The zero-order valence-electron chi connectivity index (χ0n) is 9.95. The Morgan fingerprint density at radius 3 is 2.65 bits per heavy atom. The number of ketones is 1. The van der Waals surface area contributed by atoms with E-state index in [1.165, 1.54) is 0 Å². The van der Waals surface area contributed by atoms with Gasteiger partial charge in [0.25, 0.3) is 0 Å². The molecule has 2 aromatic heterocycles. The number of thiophene rings is 1. The second kappa shape index (κ2) is 4.63. The van der Waals surface area contributed by atoms with Crippen molar-refractivity contribution < 1.29 is 4.79 Å². The third-order valence-electron chi connectivity index (χ3n) is 2.68. The van der Waals surface area contributed by atoms with Crippen molar-refractivity contribution in [3.05, 3.63) is 38.3 Å². The van der Waals surface area contributed by atoms with Gasteiger partial charge in [-0.3, -0.25) is 9.48 Å². The summed E-state index contributed by atoms with van der Waals surface area (Å²) >= 11 is 7.54. The van der Waals surface area contributed by atoms with Gasteiger partial charge >= 0.3 is 0 Å². The maximum atomic E-state index is 12.1. The molecule has 0 amide bonds. The van der Waals surface area contributed by atoms with Crippen LogP contribution >= 0.6 is 22.9 Å². The van der Waals surface area contributed by atoms with E-state index in [1.807, 2.05) is 26.8 Å². The van der Waals surface area contributed by atoms with Gasteiger partial charge in [0, 0.05) is 15.3 Å². The van der Waals surface area contributed by atoms with E-state index in [4.69, 9.17) is 11.6 Å². The van der Waals surface area contributed by atoms with Crippen LogP contribution in [0.2, 0.25) is 5.02 Å². The zero-order valence-corrected chi connectivity index (χ0v) is 11.5. The predicted octanol–water partition coefficient (Wildman–Crippen LogP) is 3.41. The molecule has 0 radical (unpaired) electrons. The number of carbonyl (C=O) groups excluding carboxylic acids is 1. The maximum Gasteiger partial charge on any atom is 0.185 e. The molecule has 0 unspecified atom stereocenters. The van der Waals surface area contributed by atoms with Crippen molar-refractivity contribution >= 4 is 28.7 Å². The standard InChI is InChI=1S/C12H13ClN2OS/c1-7-4-10(9(3)17-7)12(16)6-15-8(2)11(13)5-14-15/h4-5H,6H2,1-3H3. The zero-order chi connectivity index (χ0) is 12.6. The fourth-order valence-electron chi connectivity index (χ4n) is 1.71. The molecular formula is C12H13ClN2OS. The van der Waals surface area contributed by atoms with E-state index in [2.05, 4.69) is 5.10 Å². The smallest absolute Gasteiger partial charge is 0.185 e. The van der Waals surface area contributed by atoms with E-state index in [1.54, 1.807) is 22.2 Å². The first-order valence-electron chi connectivity index (χ1n) is 5.27. The highest BCUT2D eigenvalue weighted by molar-refractivity contribution is 7.12. The van der Waals surface area contributed by atoms with Crippen LogP contribution in [0.5, 0.6) is 0 Å². The molecule has 0 aromatic carbocycles. The first-order chi connectivity index (χ1) is 7.99. The monoisotopic (exact) mass is 268 g/mol. The van der Waals surface area contributed by atoms with Crippen LogP contribution in [0.1, 0.15) is 25.8 Å². The molecule has 2 heterocycles. The Bertz CT molecular complexity index is 571. The number of rotatable bonds is 3. The third-order valence-corrected chi connectivity index (χ3v) is 4.02. The topological polar surface area (TPSA) is 34.9 Å². The quantitative estimate of drug-likeness (QED) is 0.800. The highest BCUT2D eigenvalue weighted by Gasteiger charge is 2.14. The molecule has 0 saturated heterocycles. The molecule has 0 bridgehead atoms. The minimum Gasteiger partial charge on any atom is -0.292 e. The number of hydrogen-bond donors (Lipinski definition) is 0. The molecule has 0 aliphatic heterocycles. The average molecular weight is 269 g/mol. The normalized spacial score (nSPS) is 10.8. The van der Waals surface area contributed by atoms with Crippen molar-refractivity contribution in [2.75, 3.05) is 0 Å². The van der Waals surface area contributed by atoms with Crippen LogP contribution in [0.4, 0.5) is 0 Å². The first-order valence-corrected chi connectivity index (χ1v) is 6.46.